The van der Waals surface area contributed by atoms with Gasteiger partial charge in [0.05, 0.1) is 17.2 Å². The highest BCUT2D eigenvalue weighted by Crippen LogP contribution is 2.25. The van der Waals surface area contributed by atoms with E-state index in [2.05, 4.69) is 15.2 Å². The Morgan fingerprint density at radius 2 is 2.08 bits per heavy atom. The standard InChI is InChI=1S/C19H23ClN4O2/c1-3-26-17-11-24(2)10-16(17)23-19(25)13-6-4-12(5-7-13)14-8-15(20)18(21)22-9-14/h4-9,16-17H,3,10-11H2,1-2H3,(H2,21,22)(H,23,25)/t16-,17-/m0/s1. The van der Waals surface area contributed by atoms with E-state index in [0.29, 0.717) is 23.0 Å². The second kappa shape index (κ2) is 8.03. The van der Waals surface area contributed by atoms with Crippen LogP contribution in [0.1, 0.15) is 17.3 Å². The molecule has 1 fully saturated rings. The van der Waals surface area contributed by atoms with Crippen molar-refractivity contribution in [1.82, 2.24) is 15.2 Å². The molecule has 1 saturated heterocycles. The number of benzene rings is 1. The predicted octanol–water partition coefficient (Wildman–Crippen LogP) is 2.43. The first-order chi connectivity index (χ1) is 12.5. The van der Waals surface area contributed by atoms with Crippen molar-refractivity contribution in [1.29, 1.82) is 0 Å². The lowest BCUT2D eigenvalue weighted by Gasteiger charge is -2.19. The Labute approximate surface area is 158 Å². The largest absolute Gasteiger partial charge is 0.382 e. The molecule has 1 aliphatic rings. The summed E-state index contributed by atoms with van der Waals surface area (Å²) in [6.07, 6.45) is 1.69. The smallest absolute Gasteiger partial charge is 0.251 e. The van der Waals surface area contributed by atoms with Gasteiger partial charge in [0.25, 0.3) is 5.91 Å². The third kappa shape index (κ3) is 4.15. The Morgan fingerprint density at radius 1 is 1.35 bits per heavy atom. The molecule has 0 bridgehead atoms. The van der Waals surface area contributed by atoms with E-state index in [1.807, 2.05) is 26.1 Å². The molecule has 2 atom stereocenters. The number of hydrogen-bond donors (Lipinski definition) is 2. The number of rotatable bonds is 5. The minimum atomic E-state index is -0.102. The molecule has 1 aliphatic heterocycles. The molecule has 0 unspecified atom stereocenters. The van der Waals surface area contributed by atoms with Crippen molar-refractivity contribution >= 4 is 23.3 Å². The van der Waals surface area contributed by atoms with Gasteiger partial charge < -0.3 is 20.7 Å². The summed E-state index contributed by atoms with van der Waals surface area (Å²) in [6.45, 7) is 4.21. The quantitative estimate of drug-likeness (QED) is 0.840. The monoisotopic (exact) mass is 374 g/mol. The number of carbonyl (C=O) groups is 1. The maximum Gasteiger partial charge on any atom is 0.251 e. The molecular formula is C19H23ClN4O2. The molecule has 1 aromatic carbocycles. The Hall–Kier alpha value is -2.15. The van der Waals surface area contributed by atoms with Gasteiger partial charge in [-0.05, 0) is 37.7 Å². The number of likely N-dealkylation sites (tertiary alicyclic amines) is 1. The number of carbonyl (C=O) groups excluding carboxylic acids is 1. The predicted molar refractivity (Wildman–Crippen MR) is 103 cm³/mol. The average molecular weight is 375 g/mol. The first-order valence-electron chi connectivity index (χ1n) is 8.60. The molecule has 1 amide bonds. The van der Waals surface area contributed by atoms with Gasteiger partial charge in [0.2, 0.25) is 0 Å². The van der Waals surface area contributed by atoms with E-state index >= 15 is 0 Å². The lowest BCUT2D eigenvalue weighted by atomic mass is 10.0. The van der Waals surface area contributed by atoms with Crippen molar-refractivity contribution in [2.24, 2.45) is 0 Å². The number of likely N-dealkylation sites (N-methyl/N-ethyl adjacent to an activating group) is 1. The van der Waals surface area contributed by atoms with Crippen LogP contribution in [-0.4, -0.2) is 54.7 Å². The molecule has 3 rings (SSSR count). The van der Waals surface area contributed by atoms with Gasteiger partial charge in [-0.3, -0.25) is 4.79 Å². The number of amides is 1. The number of nitrogens with two attached hydrogens (primary N) is 1. The highest BCUT2D eigenvalue weighted by atomic mass is 35.5. The maximum absolute atomic E-state index is 12.6. The summed E-state index contributed by atoms with van der Waals surface area (Å²) in [5, 5.41) is 3.49. The fourth-order valence-corrected chi connectivity index (χ4v) is 3.32. The number of nitrogens with zero attached hydrogens (tertiary/aromatic N) is 2. The van der Waals surface area contributed by atoms with Gasteiger partial charge in [0.1, 0.15) is 5.82 Å². The topological polar surface area (TPSA) is 80.5 Å². The summed E-state index contributed by atoms with van der Waals surface area (Å²) >= 11 is 6.02. The molecular weight excluding hydrogens is 352 g/mol. The summed E-state index contributed by atoms with van der Waals surface area (Å²) in [5.74, 6) is 0.201. The van der Waals surface area contributed by atoms with Gasteiger partial charge in [-0.15, -0.1) is 0 Å². The van der Waals surface area contributed by atoms with Gasteiger partial charge >= 0.3 is 0 Å². The van der Waals surface area contributed by atoms with Crippen LogP contribution in [-0.2, 0) is 4.74 Å². The molecule has 6 nitrogen and oxygen atoms in total. The van der Waals surface area contributed by atoms with Crippen molar-refractivity contribution in [2.75, 3.05) is 32.5 Å². The number of halogens is 1. The number of hydrogen-bond acceptors (Lipinski definition) is 5. The second-order valence-corrected chi connectivity index (χ2v) is 6.87. The molecule has 3 N–H and O–H groups in total. The summed E-state index contributed by atoms with van der Waals surface area (Å²) in [5.41, 5.74) is 8.02. The van der Waals surface area contributed by atoms with Crippen molar-refractivity contribution in [2.45, 2.75) is 19.1 Å². The van der Waals surface area contributed by atoms with Gasteiger partial charge in [0, 0.05) is 37.0 Å². The third-order valence-corrected chi connectivity index (χ3v) is 4.80. The lowest BCUT2D eigenvalue weighted by molar-refractivity contribution is 0.0513. The zero-order valence-corrected chi connectivity index (χ0v) is 15.7. The van der Waals surface area contributed by atoms with Gasteiger partial charge in [-0.1, -0.05) is 23.7 Å². The molecule has 26 heavy (non-hydrogen) atoms. The molecule has 138 valence electrons. The van der Waals surface area contributed by atoms with Crippen molar-refractivity contribution in [3.8, 4) is 11.1 Å². The van der Waals surface area contributed by atoms with E-state index in [1.54, 1.807) is 24.4 Å². The molecule has 1 aromatic heterocycles. The van der Waals surface area contributed by atoms with Crippen LogP contribution >= 0.6 is 11.6 Å². The van der Waals surface area contributed by atoms with Crippen molar-refractivity contribution in [3.63, 3.8) is 0 Å². The number of nitrogen functional groups attached to an aromatic ring is 1. The minimum absolute atomic E-state index is 0.00719. The van der Waals surface area contributed by atoms with Crippen LogP contribution < -0.4 is 11.1 Å². The Bertz CT molecular complexity index is 782. The number of nitrogens with one attached hydrogen (secondary N) is 1. The van der Waals surface area contributed by atoms with Crippen LogP contribution in [0.3, 0.4) is 0 Å². The summed E-state index contributed by atoms with van der Waals surface area (Å²) in [4.78, 5) is 18.8. The summed E-state index contributed by atoms with van der Waals surface area (Å²) in [6, 6.07) is 9.10. The summed E-state index contributed by atoms with van der Waals surface area (Å²) < 4.78 is 5.73. The normalized spacial score (nSPS) is 20.3. The first-order valence-corrected chi connectivity index (χ1v) is 8.98. The molecule has 2 heterocycles. The second-order valence-electron chi connectivity index (χ2n) is 6.46. The van der Waals surface area contributed by atoms with E-state index in [0.717, 1.165) is 24.2 Å². The Kier molecular flexibility index (Phi) is 5.76. The SMILES string of the molecule is CCO[C@H]1CN(C)C[C@@H]1NC(=O)c1ccc(-c2cnc(N)c(Cl)c2)cc1. The highest BCUT2D eigenvalue weighted by molar-refractivity contribution is 6.33. The van der Waals surface area contributed by atoms with E-state index in [-0.39, 0.29) is 18.1 Å². The van der Waals surface area contributed by atoms with Gasteiger partial charge in [0.15, 0.2) is 0 Å². The zero-order valence-electron chi connectivity index (χ0n) is 14.9. The van der Waals surface area contributed by atoms with Gasteiger partial charge in [-0.25, -0.2) is 4.98 Å². The summed E-state index contributed by atoms with van der Waals surface area (Å²) in [7, 11) is 2.03. The van der Waals surface area contributed by atoms with Crippen molar-refractivity contribution in [3.05, 3.63) is 47.1 Å². The molecule has 0 spiro atoms. The Morgan fingerprint density at radius 3 is 2.73 bits per heavy atom. The number of anilines is 1. The minimum Gasteiger partial charge on any atom is -0.382 e. The highest BCUT2D eigenvalue weighted by Gasteiger charge is 2.32. The Balaban J connectivity index is 1.69. The van der Waals surface area contributed by atoms with Crippen LogP contribution in [0.5, 0.6) is 0 Å². The zero-order chi connectivity index (χ0) is 18.7. The van der Waals surface area contributed by atoms with Crippen LogP contribution in [0.15, 0.2) is 36.5 Å². The number of pyridine rings is 1. The maximum atomic E-state index is 12.6. The molecule has 0 aliphatic carbocycles. The molecule has 0 saturated carbocycles. The fraction of sp³-hybridized carbons (Fsp3) is 0.368. The molecule has 7 heteroatoms. The third-order valence-electron chi connectivity index (χ3n) is 4.50. The van der Waals surface area contributed by atoms with Crippen LogP contribution in [0.25, 0.3) is 11.1 Å². The number of aromatic nitrogens is 1. The van der Waals surface area contributed by atoms with Gasteiger partial charge in [-0.2, -0.15) is 0 Å². The molecule has 2 aromatic rings. The van der Waals surface area contributed by atoms with E-state index in [1.165, 1.54) is 0 Å². The average Bonchev–Trinajstić information content (AvgIpc) is 2.97. The number of ether oxygens (including phenoxy) is 1. The van der Waals surface area contributed by atoms with Crippen molar-refractivity contribution < 1.29 is 9.53 Å². The fourth-order valence-electron chi connectivity index (χ4n) is 3.16. The lowest BCUT2D eigenvalue weighted by Crippen LogP contribution is -2.43. The van der Waals surface area contributed by atoms with Crippen LogP contribution in [0.2, 0.25) is 5.02 Å². The van der Waals surface area contributed by atoms with Crippen LogP contribution in [0, 0.1) is 0 Å². The van der Waals surface area contributed by atoms with E-state index in [9.17, 15) is 4.79 Å². The van der Waals surface area contributed by atoms with E-state index < -0.39 is 0 Å². The van der Waals surface area contributed by atoms with E-state index in [4.69, 9.17) is 22.1 Å². The van der Waals surface area contributed by atoms with Crippen LogP contribution in [0.4, 0.5) is 5.82 Å². The first kappa shape index (κ1) is 18.6. The molecule has 0 radical (unpaired) electrons.